The summed E-state index contributed by atoms with van der Waals surface area (Å²) in [5, 5.41) is 11.0. The van der Waals surface area contributed by atoms with Gasteiger partial charge in [0.15, 0.2) is 5.65 Å². The van der Waals surface area contributed by atoms with Gasteiger partial charge in [-0.3, -0.25) is 5.10 Å². The summed E-state index contributed by atoms with van der Waals surface area (Å²) in [5.74, 6) is 0.789. The first-order valence-electron chi connectivity index (χ1n) is 6.71. The monoisotopic (exact) mass is 279 g/mol. The van der Waals surface area contributed by atoms with Gasteiger partial charge in [0.05, 0.1) is 17.3 Å². The smallest absolute Gasteiger partial charge is 0.160 e. The Labute approximate surface area is 120 Å². The van der Waals surface area contributed by atoms with Gasteiger partial charge in [0.2, 0.25) is 0 Å². The number of hydrogen-bond acceptors (Lipinski definition) is 5. The van der Waals surface area contributed by atoms with Crippen LogP contribution in [0.25, 0.3) is 16.7 Å². The number of aromatic nitrogens is 6. The van der Waals surface area contributed by atoms with Gasteiger partial charge in [-0.2, -0.15) is 5.10 Å². The molecule has 0 atom stereocenters. The van der Waals surface area contributed by atoms with Gasteiger partial charge in [0.1, 0.15) is 17.8 Å². The lowest BCUT2D eigenvalue weighted by Gasteiger charge is -2.04. The lowest BCUT2D eigenvalue weighted by molar-refractivity contribution is 0.970. The number of aromatic amines is 1. The van der Waals surface area contributed by atoms with Crippen molar-refractivity contribution in [3.05, 3.63) is 48.8 Å². The highest BCUT2D eigenvalue weighted by atomic mass is 15.2. The molecule has 2 N–H and O–H groups in total. The van der Waals surface area contributed by atoms with Crippen LogP contribution in [-0.4, -0.2) is 36.1 Å². The second-order valence-electron chi connectivity index (χ2n) is 4.73. The van der Waals surface area contributed by atoms with Crippen molar-refractivity contribution in [2.24, 2.45) is 0 Å². The second kappa shape index (κ2) is 4.86. The molecule has 0 radical (unpaired) electrons. The van der Waals surface area contributed by atoms with Crippen LogP contribution in [0.5, 0.6) is 0 Å². The fraction of sp³-hybridized carbons (Fsp3) is 0.143. The van der Waals surface area contributed by atoms with E-state index in [1.807, 2.05) is 35.0 Å². The third-order valence-electron chi connectivity index (χ3n) is 3.34. The van der Waals surface area contributed by atoms with Gasteiger partial charge in [-0.25, -0.2) is 15.0 Å². The van der Waals surface area contributed by atoms with E-state index < -0.39 is 0 Å². The van der Waals surface area contributed by atoms with Crippen LogP contribution in [-0.2, 0) is 6.42 Å². The Morgan fingerprint density at radius 2 is 2.24 bits per heavy atom. The molecular formula is C14H13N7. The Morgan fingerprint density at radius 1 is 1.24 bits per heavy atom. The molecule has 4 rings (SSSR count). The minimum Gasteiger partial charge on any atom is -0.369 e. The predicted octanol–water partition coefficient (Wildman–Crippen LogP) is 1.66. The van der Waals surface area contributed by atoms with E-state index in [0.717, 1.165) is 41.2 Å². The van der Waals surface area contributed by atoms with Gasteiger partial charge in [-0.1, -0.05) is 6.07 Å². The fourth-order valence-electron chi connectivity index (χ4n) is 2.32. The van der Waals surface area contributed by atoms with Crippen molar-refractivity contribution in [2.45, 2.75) is 6.42 Å². The Morgan fingerprint density at radius 3 is 3.19 bits per heavy atom. The van der Waals surface area contributed by atoms with E-state index in [4.69, 9.17) is 0 Å². The van der Waals surface area contributed by atoms with Crippen LogP contribution in [0.2, 0.25) is 0 Å². The Bertz CT molecular complexity index is 859. The third kappa shape index (κ3) is 2.18. The first-order chi connectivity index (χ1) is 10.4. The Hall–Kier alpha value is -2.96. The van der Waals surface area contributed by atoms with E-state index in [0.29, 0.717) is 0 Å². The van der Waals surface area contributed by atoms with Gasteiger partial charge in [-0.05, 0) is 12.1 Å². The van der Waals surface area contributed by atoms with Gasteiger partial charge < -0.3 is 9.72 Å². The molecule has 4 heterocycles. The lowest BCUT2D eigenvalue weighted by atomic mass is 10.3. The summed E-state index contributed by atoms with van der Waals surface area (Å²) in [6, 6.07) is 5.98. The fourth-order valence-corrected chi connectivity index (χ4v) is 2.32. The van der Waals surface area contributed by atoms with E-state index >= 15 is 0 Å². The molecule has 0 bridgehead atoms. The molecule has 0 spiro atoms. The molecule has 4 aromatic heterocycles. The summed E-state index contributed by atoms with van der Waals surface area (Å²) in [7, 11) is 0. The average molecular weight is 279 g/mol. The molecule has 4 aromatic rings. The highest BCUT2D eigenvalue weighted by Crippen LogP contribution is 2.15. The van der Waals surface area contributed by atoms with Crippen molar-refractivity contribution in [3.8, 4) is 0 Å². The van der Waals surface area contributed by atoms with Crippen LogP contribution in [0.1, 0.15) is 5.69 Å². The van der Waals surface area contributed by atoms with Crippen molar-refractivity contribution in [1.29, 1.82) is 0 Å². The van der Waals surface area contributed by atoms with Gasteiger partial charge >= 0.3 is 0 Å². The maximum Gasteiger partial charge on any atom is 0.160 e. The van der Waals surface area contributed by atoms with E-state index in [1.165, 1.54) is 6.33 Å². The zero-order valence-corrected chi connectivity index (χ0v) is 11.2. The van der Waals surface area contributed by atoms with E-state index in [2.05, 4.69) is 30.5 Å². The average Bonchev–Trinajstić information content (AvgIpc) is 3.13. The van der Waals surface area contributed by atoms with Crippen molar-refractivity contribution in [2.75, 3.05) is 11.9 Å². The number of rotatable bonds is 4. The van der Waals surface area contributed by atoms with E-state index in [-0.39, 0.29) is 0 Å². The minimum atomic E-state index is 0.736. The van der Waals surface area contributed by atoms with Crippen molar-refractivity contribution in [3.63, 3.8) is 0 Å². The molecule has 0 unspecified atom stereocenters. The molecule has 7 heteroatoms. The molecular weight excluding hydrogens is 266 g/mol. The third-order valence-corrected chi connectivity index (χ3v) is 3.34. The number of fused-ring (bicyclic) bond motifs is 2. The Kier molecular flexibility index (Phi) is 2.74. The van der Waals surface area contributed by atoms with Gasteiger partial charge in [-0.15, -0.1) is 0 Å². The maximum absolute atomic E-state index is 4.57. The first-order valence-corrected chi connectivity index (χ1v) is 6.71. The second-order valence-corrected chi connectivity index (χ2v) is 4.73. The molecule has 0 aliphatic rings. The van der Waals surface area contributed by atoms with Crippen LogP contribution in [0.4, 0.5) is 5.82 Å². The van der Waals surface area contributed by atoms with Gasteiger partial charge in [0, 0.05) is 25.4 Å². The van der Waals surface area contributed by atoms with Crippen LogP contribution in [0.15, 0.2) is 43.1 Å². The number of imidazole rings is 1. The van der Waals surface area contributed by atoms with Crippen molar-refractivity contribution >= 4 is 22.5 Å². The molecule has 0 aromatic carbocycles. The topological polar surface area (TPSA) is 83.8 Å². The maximum atomic E-state index is 4.57. The highest BCUT2D eigenvalue weighted by Gasteiger charge is 2.05. The number of hydrogen-bond donors (Lipinski definition) is 2. The van der Waals surface area contributed by atoms with E-state index in [1.54, 1.807) is 6.20 Å². The zero-order chi connectivity index (χ0) is 14.1. The molecule has 0 aliphatic carbocycles. The predicted molar refractivity (Wildman–Crippen MR) is 79.1 cm³/mol. The SMILES string of the molecule is c1ccn2cc(CCNc3ncnc4[nH]ncc34)nc2c1. The van der Waals surface area contributed by atoms with Crippen LogP contribution < -0.4 is 5.32 Å². The molecule has 0 aliphatic heterocycles. The summed E-state index contributed by atoms with van der Waals surface area (Å²) >= 11 is 0. The molecule has 0 amide bonds. The highest BCUT2D eigenvalue weighted by molar-refractivity contribution is 5.85. The number of pyridine rings is 1. The summed E-state index contributed by atoms with van der Waals surface area (Å²) in [6.45, 7) is 0.751. The molecule has 0 saturated carbocycles. The number of anilines is 1. The number of H-pyrrole nitrogens is 1. The number of nitrogens with zero attached hydrogens (tertiary/aromatic N) is 5. The molecule has 104 valence electrons. The Balaban J connectivity index is 1.48. The van der Waals surface area contributed by atoms with Crippen LogP contribution >= 0.6 is 0 Å². The summed E-state index contributed by atoms with van der Waals surface area (Å²) in [6.07, 6.45) is 8.12. The van der Waals surface area contributed by atoms with Crippen molar-refractivity contribution < 1.29 is 0 Å². The lowest BCUT2D eigenvalue weighted by Crippen LogP contribution is -2.07. The van der Waals surface area contributed by atoms with E-state index in [9.17, 15) is 0 Å². The first kappa shape index (κ1) is 11.8. The van der Waals surface area contributed by atoms with Crippen LogP contribution in [0, 0.1) is 0 Å². The minimum absolute atomic E-state index is 0.736. The van der Waals surface area contributed by atoms with Crippen LogP contribution in [0.3, 0.4) is 0 Å². The molecule has 7 nitrogen and oxygen atoms in total. The van der Waals surface area contributed by atoms with Gasteiger partial charge in [0.25, 0.3) is 0 Å². The summed E-state index contributed by atoms with van der Waals surface area (Å²) in [4.78, 5) is 12.9. The number of nitrogens with one attached hydrogen (secondary N) is 2. The standard InChI is InChI=1S/C14H13N7/c1-2-6-21-8-10(19-12(21)3-1)4-5-15-13-11-7-18-20-14(11)17-9-16-13/h1-3,6-9H,4-5H2,(H2,15,16,17,18,20). The summed E-state index contributed by atoms with van der Waals surface area (Å²) < 4.78 is 2.02. The largest absolute Gasteiger partial charge is 0.369 e. The molecule has 0 fully saturated rings. The summed E-state index contributed by atoms with van der Waals surface area (Å²) in [5.41, 5.74) is 2.75. The van der Waals surface area contributed by atoms with Crippen molar-refractivity contribution in [1.82, 2.24) is 29.5 Å². The molecule has 21 heavy (non-hydrogen) atoms. The molecule has 0 saturated heterocycles. The quantitative estimate of drug-likeness (QED) is 0.593. The zero-order valence-electron chi connectivity index (χ0n) is 11.2. The normalized spacial score (nSPS) is 11.2.